The largest absolute Gasteiger partial charge is 0.464 e. The van der Waals surface area contributed by atoms with Gasteiger partial charge in [-0.15, -0.1) is 0 Å². The van der Waals surface area contributed by atoms with Crippen LogP contribution in [0.3, 0.4) is 0 Å². The number of amides is 1. The molecule has 7 heteroatoms. The minimum absolute atomic E-state index is 0.175. The third-order valence-corrected chi connectivity index (χ3v) is 4.38. The summed E-state index contributed by atoms with van der Waals surface area (Å²) in [5.74, 6) is -1.83. The standard InChI is InChI=1S/C20H23FN2O4/c1-11(2)23(19(25)14-7-6-8-15(21)9-14)10-16(24)17-12(3)18(20(26)27-5)22-13(17)4/h6-9,11,22H,10H2,1-5H3. The smallest absolute Gasteiger partial charge is 0.354 e. The van der Waals surface area contributed by atoms with Gasteiger partial charge in [-0.2, -0.15) is 0 Å². The van der Waals surface area contributed by atoms with Gasteiger partial charge < -0.3 is 14.6 Å². The number of halogens is 1. The predicted octanol–water partition coefficient (Wildman–Crippen LogP) is 3.29. The number of methoxy groups -OCH3 is 1. The Labute approximate surface area is 157 Å². The van der Waals surface area contributed by atoms with Crippen molar-refractivity contribution in [3.63, 3.8) is 0 Å². The van der Waals surface area contributed by atoms with Crippen LogP contribution in [0, 0.1) is 19.7 Å². The average molecular weight is 374 g/mol. The molecule has 2 rings (SSSR count). The lowest BCUT2D eigenvalue weighted by Gasteiger charge is -2.26. The van der Waals surface area contributed by atoms with E-state index in [2.05, 4.69) is 4.98 Å². The Bertz CT molecular complexity index is 886. The number of nitrogens with one attached hydrogen (secondary N) is 1. The third kappa shape index (κ3) is 4.24. The molecule has 0 aliphatic carbocycles. The van der Waals surface area contributed by atoms with Gasteiger partial charge in [-0.25, -0.2) is 9.18 Å². The molecular formula is C20H23FN2O4. The number of nitrogens with zero attached hydrogens (tertiary/aromatic N) is 1. The summed E-state index contributed by atoms with van der Waals surface area (Å²) < 4.78 is 18.2. The number of carbonyl (C=O) groups is 3. The number of aromatic amines is 1. The molecule has 144 valence electrons. The van der Waals surface area contributed by atoms with Crippen LogP contribution in [-0.4, -0.2) is 47.2 Å². The van der Waals surface area contributed by atoms with Gasteiger partial charge in [0.05, 0.1) is 13.7 Å². The molecule has 0 fully saturated rings. The lowest BCUT2D eigenvalue weighted by Crippen LogP contribution is -2.41. The number of hydrogen-bond acceptors (Lipinski definition) is 4. The van der Waals surface area contributed by atoms with Gasteiger partial charge in [0, 0.05) is 22.9 Å². The van der Waals surface area contributed by atoms with Crippen molar-refractivity contribution >= 4 is 17.7 Å². The lowest BCUT2D eigenvalue weighted by molar-refractivity contribution is 0.0593. The molecule has 0 radical (unpaired) electrons. The highest BCUT2D eigenvalue weighted by atomic mass is 19.1. The van der Waals surface area contributed by atoms with Crippen LogP contribution in [0.4, 0.5) is 4.39 Å². The monoisotopic (exact) mass is 374 g/mol. The molecular weight excluding hydrogens is 351 g/mol. The number of hydrogen-bond donors (Lipinski definition) is 1. The van der Waals surface area contributed by atoms with E-state index in [9.17, 15) is 18.8 Å². The van der Waals surface area contributed by atoms with Crippen LogP contribution in [0.1, 0.15) is 56.3 Å². The van der Waals surface area contributed by atoms with Crippen molar-refractivity contribution in [3.05, 3.63) is 58.2 Å². The zero-order valence-electron chi connectivity index (χ0n) is 16.1. The molecule has 0 aliphatic rings. The highest BCUT2D eigenvalue weighted by Gasteiger charge is 2.27. The van der Waals surface area contributed by atoms with Crippen molar-refractivity contribution in [2.24, 2.45) is 0 Å². The molecule has 27 heavy (non-hydrogen) atoms. The van der Waals surface area contributed by atoms with E-state index in [1.807, 2.05) is 0 Å². The number of Topliss-reactive ketones (excluding diaryl/α,β-unsaturated/α-hetero) is 1. The van der Waals surface area contributed by atoms with Crippen molar-refractivity contribution in [2.45, 2.75) is 33.7 Å². The van der Waals surface area contributed by atoms with Gasteiger partial charge in [0.15, 0.2) is 5.78 Å². The summed E-state index contributed by atoms with van der Waals surface area (Å²) in [5, 5.41) is 0. The molecule has 6 nitrogen and oxygen atoms in total. The van der Waals surface area contributed by atoms with E-state index in [1.54, 1.807) is 27.7 Å². The fourth-order valence-corrected chi connectivity index (χ4v) is 2.98. The van der Waals surface area contributed by atoms with E-state index in [4.69, 9.17) is 4.74 Å². The molecule has 0 spiro atoms. The first-order valence-electron chi connectivity index (χ1n) is 8.54. The number of rotatable bonds is 6. The summed E-state index contributed by atoms with van der Waals surface area (Å²) in [6, 6.07) is 5.08. The minimum Gasteiger partial charge on any atom is -0.464 e. The van der Waals surface area contributed by atoms with Crippen LogP contribution >= 0.6 is 0 Å². The average Bonchev–Trinajstić information content (AvgIpc) is 2.92. The van der Waals surface area contributed by atoms with Crippen molar-refractivity contribution in [2.75, 3.05) is 13.7 Å². The maximum absolute atomic E-state index is 13.5. The summed E-state index contributed by atoms with van der Waals surface area (Å²) in [7, 11) is 1.26. The maximum Gasteiger partial charge on any atom is 0.354 e. The summed E-state index contributed by atoms with van der Waals surface area (Å²) in [6.45, 7) is 6.70. The number of aryl methyl sites for hydroxylation is 1. The number of ketones is 1. The van der Waals surface area contributed by atoms with E-state index in [-0.39, 0.29) is 29.6 Å². The first-order valence-corrected chi connectivity index (χ1v) is 8.54. The second-order valence-corrected chi connectivity index (χ2v) is 6.58. The van der Waals surface area contributed by atoms with Crippen LogP contribution in [0.5, 0.6) is 0 Å². The van der Waals surface area contributed by atoms with Gasteiger partial charge in [0.2, 0.25) is 0 Å². The van der Waals surface area contributed by atoms with E-state index >= 15 is 0 Å². The maximum atomic E-state index is 13.5. The first-order chi connectivity index (χ1) is 12.7. The van der Waals surface area contributed by atoms with Crippen LogP contribution in [0.25, 0.3) is 0 Å². The summed E-state index contributed by atoms with van der Waals surface area (Å²) in [4.78, 5) is 41.7. The van der Waals surface area contributed by atoms with E-state index in [1.165, 1.54) is 30.2 Å². The van der Waals surface area contributed by atoms with Gasteiger partial charge >= 0.3 is 5.97 Å². The molecule has 1 aromatic carbocycles. The Kier molecular flexibility index (Phi) is 6.15. The molecule has 1 aromatic heterocycles. The van der Waals surface area contributed by atoms with Crippen LogP contribution in [0.15, 0.2) is 24.3 Å². The van der Waals surface area contributed by atoms with Crippen LogP contribution < -0.4 is 0 Å². The zero-order chi connectivity index (χ0) is 20.3. The minimum atomic E-state index is -0.564. The fraction of sp³-hybridized carbons (Fsp3) is 0.350. The molecule has 0 saturated carbocycles. The molecule has 1 N–H and O–H groups in total. The number of aromatic nitrogens is 1. The highest BCUT2D eigenvalue weighted by molar-refractivity contribution is 6.05. The number of esters is 1. The second-order valence-electron chi connectivity index (χ2n) is 6.58. The molecule has 0 saturated heterocycles. The lowest BCUT2D eigenvalue weighted by atomic mass is 10.0. The Balaban J connectivity index is 2.32. The quantitative estimate of drug-likeness (QED) is 0.622. The predicted molar refractivity (Wildman–Crippen MR) is 98.5 cm³/mol. The third-order valence-electron chi connectivity index (χ3n) is 4.38. The molecule has 0 bridgehead atoms. The van der Waals surface area contributed by atoms with Crippen molar-refractivity contribution in [3.8, 4) is 0 Å². The molecule has 0 aliphatic heterocycles. The summed E-state index contributed by atoms with van der Waals surface area (Å²) >= 11 is 0. The molecule has 1 heterocycles. The van der Waals surface area contributed by atoms with Crippen LogP contribution in [-0.2, 0) is 4.74 Å². The van der Waals surface area contributed by atoms with Gasteiger partial charge in [-0.3, -0.25) is 9.59 Å². The Morgan fingerprint density at radius 1 is 1.22 bits per heavy atom. The number of ether oxygens (including phenoxy) is 1. The Morgan fingerprint density at radius 3 is 2.44 bits per heavy atom. The van der Waals surface area contributed by atoms with Gasteiger partial charge in [-0.05, 0) is 51.5 Å². The Morgan fingerprint density at radius 2 is 1.89 bits per heavy atom. The number of benzene rings is 1. The first kappa shape index (κ1) is 20.4. The topological polar surface area (TPSA) is 79.5 Å². The van der Waals surface area contributed by atoms with Gasteiger partial charge in [0.1, 0.15) is 11.5 Å². The molecule has 0 atom stereocenters. The SMILES string of the molecule is COC(=O)c1[nH]c(C)c(C(=O)CN(C(=O)c2cccc(F)c2)C(C)C)c1C. The van der Waals surface area contributed by atoms with E-state index in [0.717, 1.165) is 6.07 Å². The molecule has 2 aromatic rings. The summed E-state index contributed by atoms with van der Waals surface area (Å²) in [5.41, 5.74) is 1.75. The fourth-order valence-electron chi connectivity index (χ4n) is 2.98. The molecule has 0 unspecified atom stereocenters. The van der Waals surface area contributed by atoms with E-state index < -0.39 is 17.7 Å². The highest BCUT2D eigenvalue weighted by Crippen LogP contribution is 2.21. The number of H-pyrrole nitrogens is 1. The second kappa shape index (κ2) is 8.16. The van der Waals surface area contributed by atoms with Crippen LogP contribution in [0.2, 0.25) is 0 Å². The molecule has 1 amide bonds. The Hall–Kier alpha value is -2.96. The van der Waals surface area contributed by atoms with Gasteiger partial charge in [0.25, 0.3) is 5.91 Å². The van der Waals surface area contributed by atoms with Crippen molar-refractivity contribution in [1.82, 2.24) is 9.88 Å². The van der Waals surface area contributed by atoms with Crippen molar-refractivity contribution in [1.29, 1.82) is 0 Å². The van der Waals surface area contributed by atoms with E-state index in [0.29, 0.717) is 16.8 Å². The van der Waals surface area contributed by atoms with Gasteiger partial charge in [-0.1, -0.05) is 6.07 Å². The van der Waals surface area contributed by atoms with Crippen molar-refractivity contribution < 1.29 is 23.5 Å². The summed E-state index contributed by atoms with van der Waals surface area (Å²) in [6.07, 6.45) is 0. The zero-order valence-corrected chi connectivity index (χ0v) is 16.1. The normalized spacial score (nSPS) is 10.8. The number of carbonyl (C=O) groups excluding carboxylic acids is 3.